The van der Waals surface area contributed by atoms with Crippen molar-refractivity contribution < 1.29 is 14.7 Å². The summed E-state index contributed by atoms with van der Waals surface area (Å²) in [5.41, 5.74) is 0.417. The lowest BCUT2D eigenvalue weighted by molar-refractivity contribution is 0.0567. The fourth-order valence-electron chi connectivity index (χ4n) is 3.10. The van der Waals surface area contributed by atoms with Gasteiger partial charge in [-0.05, 0) is 37.8 Å². The molecular weight excluding hydrogens is 268 g/mol. The van der Waals surface area contributed by atoms with Crippen LogP contribution < -0.4 is 0 Å². The summed E-state index contributed by atoms with van der Waals surface area (Å²) < 4.78 is 0. The van der Waals surface area contributed by atoms with Gasteiger partial charge in [-0.2, -0.15) is 0 Å². The van der Waals surface area contributed by atoms with Gasteiger partial charge in [-0.15, -0.1) is 0 Å². The number of pyridine rings is 1. The lowest BCUT2D eigenvalue weighted by Gasteiger charge is -2.38. The van der Waals surface area contributed by atoms with Crippen LogP contribution >= 0.6 is 0 Å². The van der Waals surface area contributed by atoms with Crippen LogP contribution in [-0.2, 0) is 0 Å². The molecule has 1 aliphatic rings. The van der Waals surface area contributed by atoms with Gasteiger partial charge in [0.1, 0.15) is 5.69 Å². The summed E-state index contributed by atoms with van der Waals surface area (Å²) in [4.78, 5) is 29.2. The number of nitrogens with zero attached hydrogens (tertiary/aromatic N) is 2. The largest absolute Gasteiger partial charge is 0.477 e. The zero-order valence-electron chi connectivity index (χ0n) is 12.6. The van der Waals surface area contributed by atoms with Gasteiger partial charge >= 0.3 is 5.97 Å². The van der Waals surface area contributed by atoms with E-state index in [0.717, 1.165) is 19.3 Å². The molecule has 21 heavy (non-hydrogen) atoms. The maximum atomic E-state index is 12.6. The van der Waals surface area contributed by atoms with E-state index in [1.807, 2.05) is 11.8 Å². The quantitative estimate of drug-likeness (QED) is 0.925. The average Bonchev–Trinajstić information content (AvgIpc) is 2.50. The molecule has 0 aromatic carbocycles. The van der Waals surface area contributed by atoms with Gasteiger partial charge < -0.3 is 10.0 Å². The topological polar surface area (TPSA) is 70.5 Å². The van der Waals surface area contributed by atoms with Gasteiger partial charge in [-0.25, -0.2) is 9.78 Å². The maximum absolute atomic E-state index is 12.6. The molecule has 1 saturated carbocycles. The first kappa shape index (κ1) is 15.5. The highest BCUT2D eigenvalue weighted by Crippen LogP contribution is 2.28. The van der Waals surface area contributed by atoms with E-state index >= 15 is 0 Å². The van der Waals surface area contributed by atoms with E-state index in [2.05, 4.69) is 11.9 Å². The van der Waals surface area contributed by atoms with Gasteiger partial charge in [0.15, 0.2) is 0 Å². The highest BCUT2D eigenvalue weighted by atomic mass is 16.4. The Morgan fingerprint density at radius 3 is 2.57 bits per heavy atom. The third-order valence-electron chi connectivity index (χ3n) is 4.30. The fourth-order valence-corrected chi connectivity index (χ4v) is 3.10. The zero-order valence-corrected chi connectivity index (χ0v) is 12.6. The summed E-state index contributed by atoms with van der Waals surface area (Å²) in [6, 6.07) is 3.21. The van der Waals surface area contributed by atoms with Crippen LogP contribution in [0.1, 0.15) is 60.4 Å². The van der Waals surface area contributed by atoms with Crippen molar-refractivity contribution in [1.29, 1.82) is 0 Å². The number of carbonyl (C=O) groups is 2. The standard InChI is InChI=1S/C16H22N2O3/c1-3-18(14-7-5-4-6-11(14)2)15(19)12-8-9-13(16(20)21)17-10-12/h8-11,14H,3-7H2,1-2H3,(H,20,21). The number of amides is 1. The molecule has 5 heteroatoms. The molecule has 1 heterocycles. The number of aromatic carboxylic acids is 1. The normalized spacial score (nSPS) is 21.8. The van der Waals surface area contributed by atoms with Crippen molar-refractivity contribution in [3.63, 3.8) is 0 Å². The van der Waals surface area contributed by atoms with E-state index in [1.165, 1.54) is 18.7 Å². The minimum atomic E-state index is -1.08. The molecule has 0 bridgehead atoms. The van der Waals surface area contributed by atoms with Crippen LogP contribution in [0.3, 0.4) is 0 Å². The molecule has 1 aliphatic carbocycles. The molecule has 1 N–H and O–H groups in total. The van der Waals surface area contributed by atoms with Crippen molar-refractivity contribution in [3.8, 4) is 0 Å². The molecule has 0 radical (unpaired) electrons. The summed E-state index contributed by atoms with van der Waals surface area (Å²) in [6.45, 7) is 4.85. The molecule has 2 unspecified atom stereocenters. The third-order valence-corrected chi connectivity index (χ3v) is 4.30. The van der Waals surface area contributed by atoms with Crippen LogP contribution in [0.2, 0.25) is 0 Å². The van der Waals surface area contributed by atoms with E-state index in [-0.39, 0.29) is 17.6 Å². The van der Waals surface area contributed by atoms with Crippen molar-refractivity contribution in [3.05, 3.63) is 29.6 Å². The number of carbonyl (C=O) groups excluding carboxylic acids is 1. The van der Waals surface area contributed by atoms with Gasteiger partial charge in [0, 0.05) is 18.8 Å². The SMILES string of the molecule is CCN(C(=O)c1ccc(C(=O)O)nc1)C1CCCCC1C. The summed E-state index contributed by atoms with van der Waals surface area (Å²) in [6.07, 6.45) is 5.96. The summed E-state index contributed by atoms with van der Waals surface area (Å²) in [7, 11) is 0. The van der Waals surface area contributed by atoms with E-state index < -0.39 is 5.97 Å². The number of hydrogen-bond donors (Lipinski definition) is 1. The van der Waals surface area contributed by atoms with Crippen molar-refractivity contribution >= 4 is 11.9 Å². The van der Waals surface area contributed by atoms with Crippen LogP contribution in [0.15, 0.2) is 18.3 Å². The smallest absolute Gasteiger partial charge is 0.354 e. The van der Waals surface area contributed by atoms with Crippen LogP contribution in [0, 0.1) is 5.92 Å². The predicted octanol–water partition coefficient (Wildman–Crippen LogP) is 2.82. The molecule has 1 aromatic rings. The lowest BCUT2D eigenvalue weighted by Crippen LogP contribution is -2.45. The van der Waals surface area contributed by atoms with Crippen molar-refractivity contribution in [2.45, 2.75) is 45.6 Å². The second-order valence-electron chi connectivity index (χ2n) is 5.66. The number of hydrogen-bond acceptors (Lipinski definition) is 3. The monoisotopic (exact) mass is 290 g/mol. The predicted molar refractivity (Wildman–Crippen MR) is 79.3 cm³/mol. The minimum absolute atomic E-state index is 0.0411. The number of rotatable bonds is 4. The molecule has 2 rings (SSSR count). The summed E-state index contributed by atoms with van der Waals surface area (Å²) in [5, 5.41) is 8.85. The van der Waals surface area contributed by atoms with Gasteiger partial charge in [0.05, 0.1) is 5.56 Å². The first-order valence-corrected chi connectivity index (χ1v) is 7.55. The van der Waals surface area contributed by atoms with Gasteiger partial charge in [-0.1, -0.05) is 19.8 Å². The Bertz CT molecular complexity index is 513. The summed E-state index contributed by atoms with van der Waals surface area (Å²) in [5.74, 6) is -0.628. The van der Waals surface area contributed by atoms with Crippen molar-refractivity contribution in [1.82, 2.24) is 9.88 Å². The molecule has 0 spiro atoms. The number of carboxylic acid groups (broad SMARTS) is 1. The van der Waals surface area contributed by atoms with Crippen LogP contribution in [0.25, 0.3) is 0 Å². The van der Waals surface area contributed by atoms with Crippen LogP contribution in [0.4, 0.5) is 0 Å². The Labute approximate surface area is 125 Å². The minimum Gasteiger partial charge on any atom is -0.477 e. The highest BCUT2D eigenvalue weighted by molar-refractivity contribution is 5.95. The molecular formula is C16H22N2O3. The Morgan fingerprint density at radius 2 is 2.05 bits per heavy atom. The van der Waals surface area contributed by atoms with Gasteiger partial charge in [0.25, 0.3) is 5.91 Å². The van der Waals surface area contributed by atoms with Crippen LogP contribution in [-0.4, -0.2) is 39.5 Å². The Hall–Kier alpha value is -1.91. The Balaban J connectivity index is 2.17. The number of aromatic nitrogens is 1. The zero-order chi connectivity index (χ0) is 15.4. The van der Waals surface area contributed by atoms with E-state index in [9.17, 15) is 9.59 Å². The third kappa shape index (κ3) is 3.40. The fraction of sp³-hybridized carbons (Fsp3) is 0.562. The second kappa shape index (κ2) is 6.70. The molecule has 114 valence electrons. The van der Waals surface area contributed by atoms with E-state index in [1.54, 1.807) is 6.07 Å². The Morgan fingerprint density at radius 1 is 1.33 bits per heavy atom. The van der Waals surface area contributed by atoms with Gasteiger partial charge in [0.2, 0.25) is 0 Å². The average molecular weight is 290 g/mol. The molecule has 1 fully saturated rings. The highest BCUT2D eigenvalue weighted by Gasteiger charge is 2.30. The Kier molecular flexibility index (Phi) is 4.94. The molecule has 2 atom stereocenters. The lowest BCUT2D eigenvalue weighted by atomic mass is 9.84. The van der Waals surface area contributed by atoms with Crippen molar-refractivity contribution in [2.75, 3.05) is 6.54 Å². The van der Waals surface area contributed by atoms with Crippen LogP contribution in [0.5, 0.6) is 0 Å². The van der Waals surface area contributed by atoms with E-state index in [4.69, 9.17) is 5.11 Å². The van der Waals surface area contributed by atoms with Gasteiger partial charge in [-0.3, -0.25) is 4.79 Å². The first-order chi connectivity index (χ1) is 10.0. The first-order valence-electron chi connectivity index (χ1n) is 7.55. The van der Waals surface area contributed by atoms with E-state index in [0.29, 0.717) is 18.0 Å². The molecule has 0 saturated heterocycles. The molecule has 1 aromatic heterocycles. The summed E-state index contributed by atoms with van der Waals surface area (Å²) >= 11 is 0. The maximum Gasteiger partial charge on any atom is 0.354 e. The number of carboxylic acids is 1. The molecule has 1 amide bonds. The molecule has 5 nitrogen and oxygen atoms in total. The second-order valence-corrected chi connectivity index (χ2v) is 5.66. The van der Waals surface area contributed by atoms with Crippen molar-refractivity contribution in [2.24, 2.45) is 5.92 Å². The molecule has 0 aliphatic heterocycles.